The molecule has 7 aromatic rings. The molecule has 8 amide bonds. The average molecular weight is 1450 g/mol. The molecule has 0 aliphatic carbocycles. The average Bonchev–Trinajstić information content (AvgIpc) is 1.66. The predicted molar refractivity (Wildman–Crippen MR) is 382 cm³/mol. The number of rotatable bonds is 14. The van der Waals surface area contributed by atoms with Crippen molar-refractivity contribution in [1.82, 2.24) is 60.2 Å². The van der Waals surface area contributed by atoms with Crippen molar-refractivity contribution in [3.63, 3.8) is 0 Å². The Morgan fingerprint density at radius 1 is 0.560 bits per heavy atom. The molecule has 100 heavy (non-hydrogen) atoms. The quantitative estimate of drug-likeness (QED) is 0.0431. The van der Waals surface area contributed by atoms with E-state index in [2.05, 4.69) is 142 Å². The summed E-state index contributed by atoms with van der Waals surface area (Å²) in [7, 11) is 3.07. The predicted octanol–water partition coefficient (Wildman–Crippen LogP) is 8.28. The fourth-order valence-electron chi connectivity index (χ4n) is 11.8. The summed E-state index contributed by atoms with van der Waals surface area (Å²) in [6, 6.07) is 33.4. The van der Waals surface area contributed by atoms with Gasteiger partial charge >= 0.3 is 54.8 Å². The van der Waals surface area contributed by atoms with E-state index in [0.717, 1.165) is 56.4 Å². The van der Waals surface area contributed by atoms with Crippen molar-refractivity contribution in [3.05, 3.63) is 237 Å². The van der Waals surface area contributed by atoms with Crippen molar-refractivity contribution >= 4 is 87.9 Å². The summed E-state index contributed by atoms with van der Waals surface area (Å²) in [5.41, 5.74) is 6.26. The Morgan fingerprint density at radius 2 is 0.950 bits per heavy atom. The molecule has 4 aromatic heterocycles. The Balaban J connectivity index is 0.000000138. The van der Waals surface area contributed by atoms with Gasteiger partial charge in [-0.25, -0.2) is 14.4 Å². The van der Waals surface area contributed by atoms with Crippen molar-refractivity contribution in [2.24, 2.45) is 0 Å². The van der Waals surface area contributed by atoms with Gasteiger partial charge in [-0.3, -0.25) is 21.5 Å². The first-order valence-corrected chi connectivity index (χ1v) is 34.7. The van der Waals surface area contributed by atoms with Crippen molar-refractivity contribution in [2.75, 3.05) is 72.1 Å². The van der Waals surface area contributed by atoms with E-state index in [1.54, 1.807) is 76.7 Å². The fraction of sp³-hybridized carbons (Fsp3) is 0.319. The number of benzene rings is 3. The molecule has 4 atom stereocenters. The van der Waals surface area contributed by atoms with E-state index in [-0.39, 0.29) is 104 Å². The van der Waals surface area contributed by atoms with Crippen molar-refractivity contribution < 1.29 is 85.8 Å². The molecule has 24 nitrogen and oxygen atoms in total. The van der Waals surface area contributed by atoms with Crippen molar-refractivity contribution in [2.45, 2.75) is 76.9 Å². The number of nitrogens with zero attached hydrogens (tertiary/aromatic N) is 12. The number of amides is 8. The van der Waals surface area contributed by atoms with Gasteiger partial charge in [0.2, 0.25) is 0 Å². The summed E-state index contributed by atoms with van der Waals surface area (Å²) in [4.78, 5) is 68.5. The number of aromatic nitrogens is 4. The van der Waals surface area contributed by atoms with E-state index in [4.69, 9.17) is 37.1 Å². The van der Waals surface area contributed by atoms with Gasteiger partial charge in [0.25, 0.3) is 6.03 Å². The number of allylic oxidation sites excluding steroid dienone is 1. The van der Waals surface area contributed by atoms with Gasteiger partial charge < -0.3 is 56.8 Å². The number of halogens is 1. The first kappa shape index (κ1) is 75.8. The smallest absolute Gasteiger partial charge is 0.470 e. The van der Waals surface area contributed by atoms with E-state index in [1.807, 2.05) is 99.0 Å². The SMILES string of the molecule is C/C=C/P(c1ccccc1)c1ccccc1.C=CCON1C(=O)N2CC=C(Br)C1C2.C=CCON1C(=O)N2CC=C(c3cnoc3)C1C2.CC1(C)OB(c2cnoc2)OC1(C)C.CCN1C(=O)N2CC=C(c3cnoc3)C1C2.[CH2-]N1C(=O)N2CC=C(c3cnoc3)C1C2.[Na+].c1ccccc1. The molecular weight excluding hydrogens is 1370 g/mol. The number of hydrogen-bond donors (Lipinski definition) is 0. The van der Waals surface area contributed by atoms with Gasteiger partial charge in [0.15, 0.2) is 0 Å². The van der Waals surface area contributed by atoms with E-state index < -0.39 is 0 Å². The normalized spacial score (nSPS) is 20.8. The third-order valence-electron chi connectivity index (χ3n) is 17.7. The van der Waals surface area contributed by atoms with Crippen molar-refractivity contribution in [3.8, 4) is 0 Å². The van der Waals surface area contributed by atoms with Crippen LogP contribution < -0.4 is 45.6 Å². The molecule has 0 spiro atoms. The molecule has 0 radical (unpaired) electrons. The number of hydroxylamine groups is 4. The van der Waals surface area contributed by atoms with E-state index in [0.29, 0.717) is 59.0 Å². The van der Waals surface area contributed by atoms with Crippen LogP contribution >= 0.6 is 23.9 Å². The number of carbonyl (C=O) groups is 4. The molecule has 28 heteroatoms. The van der Waals surface area contributed by atoms with Crippen LogP contribution in [0.15, 0.2) is 231 Å². The van der Waals surface area contributed by atoms with Gasteiger partial charge in [0, 0.05) is 78.5 Å². The van der Waals surface area contributed by atoms with Gasteiger partial charge in [-0.15, -0.1) is 13.2 Å². The second-order valence-electron chi connectivity index (χ2n) is 24.4. The molecule has 13 heterocycles. The Morgan fingerprint density at radius 3 is 1.39 bits per heavy atom. The zero-order chi connectivity index (χ0) is 70.1. The van der Waals surface area contributed by atoms with Crippen LogP contribution in [-0.4, -0.2) is 199 Å². The summed E-state index contributed by atoms with van der Waals surface area (Å²) < 4.78 is 31.9. The first-order valence-electron chi connectivity index (χ1n) is 32.5. The molecule has 5 saturated heterocycles. The zero-order valence-electron chi connectivity index (χ0n) is 57.4. The Hall–Kier alpha value is -8.43. The van der Waals surface area contributed by atoms with Gasteiger partial charge in [0.05, 0.1) is 68.3 Å². The van der Waals surface area contributed by atoms with E-state index in [9.17, 15) is 19.2 Å². The van der Waals surface area contributed by atoms with Gasteiger partial charge in [-0.2, -0.15) is 10.1 Å². The van der Waals surface area contributed by atoms with Crippen LogP contribution in [0.1, 0.15) is 58.2 Å². The minimum Gasteiger partial charge on any atom is -0.470 e. The fourth-order valence-corrected chi connectivity index (χ4v) is 14.2. The third-order valence-corrected chi connectivity index (χ3v) is 20.8. The molecule has 5 fully saturated rings. The van der Waals surface area contributed by atoms with E-state index >= 15 is 0 Å². The molecule has 518 valence electrons. The van der Waals surface area contributed by atoms with Gasteiger partial charge in [-0.1, -0.05) is 182 Å². The van der Waals surface area contributed by atoms with Gasteiger partial charge in [-0.05, 0) is 76.8 Å². The monoisotopic (exact) mass is 1450 g/mol. The summed E-state index contributed by atoms with van der Waals surface area (Å²) in [5, 5.41) is 20.3. The summed E-state index contributed by atoms with van der Waals surface area (Å²) in [6.45, 7) is 26.1. The largest absolute Gasteiger partial charge is 1.00 e. The van der Waals surface area contributed by atoms with Crippen LogP contribution in [0.5, 0.6) is 0 Å². The van der Waals surface area contributed by atoms with Crippen LogP contribution in [0.25, 0.3) is 16.7 Å². The molecule has 8 bridgehead atoms. The molecule has 0 saturated carbocycles. The van der Waals surface area contributed by atoms with Crippen LogP contribution in [-0.2, 0) is 19.0 Å². The molecule has 0 N–H and O–H groups in total. The van der Waals surface area contributed by atoms with Crippen LogP contribution in [0.2, 0.25) is 0 Å². The number of urea groups is 4. The topological polar surface area (TPSA) is 235 Å². The molecular formula is C72H82BBrN12NaO12P. The Bertz CT molecular complexity index is 3860. The summed E-state index contributed by atoms with van der Waals surface area (Å²) in [6.07, 6.45) is 26.5. The van der Waals surface area contributed by atoms with Crippen LogP contribution in [0.4, 0.5) is 19.2 Å². The molecule has 9 aliphatic heterocycles. The maximum atomic E-state index is 12.0. The number of carbonyl (C=O) groups excluding carboxylic acids is 4. The molecule has 16 rings (SSSR count). The number of likely N-dealkylation sites (N-methyl/N-ethyl adjacent to an activating group) is 1. The van der Waals surface area contributed by atoms with Gasteiger partial charge in [0.1, 0.15) is 37.1 Å². The number of hydrogen-bond acceptors (Lipinski definition) is 16. The minimum absolute atomic E-state index is 0. The number of fused-ring (bicyclic) bond motifs is 8. The Labute approximate surface area is 615 Å². The third kappa shape index (κ3) is 18.0. The van der Waals surface area contributed by atoms with E-state index in [1.165, 1.54) is 25.6 Å². The molecule has 3 aromatic carbocycles. The second kappa shape index (κ2) is 35.8. The van der Waals surface area contributed by atoms with Crippen molar-refractivity contribution in [1.29, 1.82) is 0 Å². The van der Waals surface area contributed by atoms with Crippen LogP contribution in [0.3, 0.4) is 0 Å². The standard InChI is InChI=1S/C15H15P.C12H13N3O3.C11H13N3O2.C10H10N3O2.C9H14BNO3.C9H11BrN2O2.C6H6.Na/c1-2-13-16(14-9-5-3-6-10-14)15-11-7-4-8-12-15;1-2-5-18-15-11-7-14(12(15)16)4-3-10(11)9-6-13-17-8-9;1-2-14-10-6-13(11(14)15)4-3-9(10)8-5-12-16-7-8;1-12-9-5-13(10(12)14)3-2-8(9)7-4-11-15-6-7;1-8(2)9(3,4)14-10(13-8)7-5-11-12-6-7;1-2-5-14-12-8-6-11(9(12)13)4-3-7(8)10;1-2-4-6-5-3-1;/h2-13H,1H3;2-3,6,8,11H,1,4-5,7H2;3,5,7,10H,2,4,6H2,1H3;2,4,6,9H,1,3,5H2;5-6H,1-4H3;2-3,8H,1,4-6H2;1-6H;/q;;;-1;;;;+1/b13-2+;;;;;;;. The first-order chi connectivity index (χ1) is 48.0. The maximum absolute atomic E-state index is 12.0. The minimum atomic E-state index is -0.369. The maximum Gasteiger partial charge on any atom is 1.00 e. The summed E-state index contributed by atoms with van der Waals surface area (Å²) >= 11 is 3.44. The summed E-state index contributed by atoms with van der Waals surface area (Å²) in [5.74, 6) is 2.31. The zero-order valence-corrected chi connectivity index (χ0v) is 61.8. The Kier molecular flexibility index (Phi) is 27.1. The van der Waals surface area contributed by atoms with Crippen LogP contribution in [0, 0.1) is 7.05 Å². The second-order valence-corrected chi connectivity index (χ2v) is 27.4. The molecule has 4 unspecified atom stereocenters. The molecule has 9 aliphatic rings.